The maximum atomic E-state index is 13.2. The van der Waals surface area contributed by atoms with Crippen LogP contribution in [0.3, 0.4) is 0 Å². The molecule has 1 aromatic heterocycles. The first kappa shape index (κ1) is 22.6. The average Bonchev–Trinajstić information content (AvgIpc) is 3.09. The number of nitrogens with zero attached hydrogens (tertiary/aromatic N) is 3. The molecule has 1 aliphatic rings. The SMILES string of the molecule is COc1ccc(S(=O)(=O)N2CCCCCC2)cc1NCc1nc(-c2ccc(Cl)cc2)no1. The molecule has 10 heteroatoms. The van der Waals surface area contributed by atoms with Gasteiger partial charge in [-0.2, -0.15) is 9.29 Å². The first-order valence-corrected chi connectivity index (χ1v) is 12.3. The van der Waals surface area contributed by atoms with Gasteiger partial charge in [-0.15, -0.1) is 0 Å². The topological polar surface area (TPSA) is 97.6 Å². The van der Waals surface area contributed by atoms with Crippen molar-refractivity contribution in [2.45, 2.75) is 37.1 Å². The van der Waals surface area contributed by atoms with Crippen LogP contribution in [0.25, 0.3) is 11.4 Å². The van der Waals surface area contributed by atoms with Gasteiger partial charge in [0.1, 0.15) is 5.75 Å². The molecule has 1 saturated heterocycles. The summed E-state index contributed by atoms with van der Waals surface area (Å²) in [4.78, 5) is 4.62. The molecule has 8 nitrogen and oxygen atoms in total. The van der Waals surface area contributed by atoms with E-state index in [2.05, 4.69) is 15.5 Å². The quantitative estimate of drug-likeness (QED) is 0.533. The van der Waals surface area contributed by atoms with E-state index in [-0.39, 0.29) is 11.4 Å². The zero-order valence-corrected chi connectivity index (χ0v) is 19.3. The van der Waals surface area contributed by atoms with Gasteiger partial charge in [0.15, 0.2) is 0 Å². The first-order chi connectivity index (χ1) is 15.5. The highest BCUT2D eigenvalue weighted by Crippen LogP contribution is 2.30. The third-order valence-electron chi connectivity index (χ3n) is 5.37. The fourth-order valence-corrected chi connectivity index (χ4v) is 5.30. The van der Waals surface area contributed by atoms with Crippen molar-refractivity contribution in [3.8, 4) is 17.1 Å². The Labute approximate surface area is 192 Å². The zero-order chi connectivity index (χ0) is 22.6. The van der Waals surface area contributed by atoms with E-state index >= 15 is 0 Å². The Hall–Kier alpha value is -2.62. The summed E-state index contributed by atoms with van der Waals surface area (Å²) in [6.07, 6.45) is 3.88. The number of ether oxygens (including phenoxy) is 1. The Morgan fingerprint density at radius 3 is 2.50 bits per heavy atom. The molecule has 32 heavy (non-hydrogen) atoms. The molecule has 0 bridgehead atoms. The maximum absolute atomic E-state index is 13.2. The third kappa shape index (κ3) is 5.06. The fourth-order valence-electron chi connectivity index (χ4n) is 3.63. The first-order valence-electron chi connectivity index (χ1n) is 10.5. The van der Waals surface area contributed by atoms with Gasteiger partial charge in [0, 0.05) is 23.7 Å². The largest absolute Gasteiger partial charge is 0.495 e. The second kappa shape index (κ2) is 9.89. The van der Waals surface area contributed by atoms with Gasteiger partial charge >= 0.3 is 0 Å². The fraction of sp³-hybridized carbons (Fsp3) is 0.364. The summed E-state index contributed by atoms with van der Waals surface area (Å²) in [6.45, 7) is 1.31. The molecule has 4 rings (SSSR count). The minimum absolute atomic E-state index is 0.212. The molecule has 0 atom stereocenters. The molecule has 1 fully saturated rings. The van der Waals surface area contributed by atoms with Crippen LogP contribution in [-0.2, 0) is 16.6 Å². The van der Waals surface area contributed by atoms with Crippen LogP contribution in [0, 0.1) is 0 Å². The molecule has 3 aromatic rings. The predicted octanol–water partition coefficient (Wildman–Crippen LogP) is 4.58. The molecule has 0 radical (unpaired) electrons. The lowest BCUT2D eigenvalue weighted by Gasteiger charge is -2.21. The van der Waals surface area contributed by atoms with Crippen molar-refractivity contribution in [2.75, 3.05) is 25.5 Å². The number of rotatable bonds is 7. The summed E-state index contributed by atoms with van der Waals surface area (Å²) in [5.74, 6) is 1.33. The van der Waals surface area contributed by atoms with Gasteiger partial charge in [0.05, 0.1) is 24.2 Å². The second-order valence-electron chi connectivity index (χ2n) is 7.55. The van der Waals surface area contributed by atoms with E-state index in [0.717, 1.165) is 31.2 Å². The highest BCUT2D eigenvalue weighted by Gasteiger charge is 2.26. The molecular formula is C22H25ClN4O4S. The van der Waals surface area contributed by atoms with Gasteiger partial charge in [-0.1, -0.05) is 29.6 Å². The van der Waals surface area contributed by atoms with Crippen LogP contribution in [0.1, 0.15) is 31.6 Å². The number of hydrogen-bond donors (Lipinski definition) is 1. The van der Waals surface area contributed by atoms with Crippen LogP contribution < -0.4 is 10.1 Å². The van der Waals surface area contributed by atoms with Crippen LogP contribution >= 0.6 is 11.6 Å². The van der Waals surface area contributed by atoms with Crippen molar-refractivity contribution in [1.82, 2.24) is 14.4 Å². The van der Waals surface area contributed by atoms with Crippen molar-refractivity contribution >= 4 is 27.3 Å². The molecule has 170 valence electrons. The van der Waals surface area contributed by atoms with Crippen molar-refractivity contribution < 1.29 is 17.7 Å². The summed E-state index contributed by atoms with van der Waals surface area (Å²) < 4.78 is 38.6. The lowest BCUT2D eigenvalue weighted by molar-refractivity contribution is 0.383. The van der Waals surface area contributed by atoms with E-state index in [1.807, 2.05) is 12.1 Å². The number of sulfonamides is 1. The van der Waals surface area contributed by atoms with Gasteiger partial charge in [-0.25, -0.2) is 8.42 Å². The van der Waals surface area contributed by atoms with E-state index in [4.69, 9.17) is 20.9 Å². The lowest BCUT2D eigenvalue weighted by Crippen LogP contribution is -2.32. The minimum atomic E-state index is -3.58. The number of aromatic nitrogens is 2. The molecular weight excluding hydrogens is 452 g/mol. The number of hydrogen-bond acceptors (Lipinski definition) is 7. The van der Waals surface area contributed by atoms with E-state index in [0.29, 0.717) is 41.3 Å². The van der Waals surface area contributed by atoms with Gasteiger partial charge in [-0.3, -0.25) is 0 Å². The van der Waals surface area contributed by atoms with E-state index < -0.39 is 10.0 Å². The molecule has 0 saturated carbocycles. The number of methoxy groups -OCH3 is 1. The molecule has 0 amide bonds. The smallest absolute Gasteiger partial charge is 0.246 e. The molecule has 0 spiro atoms. The number of nitrogens with one attached hydrogen (secondary N) is 1. The van der Waals surface area contributed by atoms with Crippen molar-refractivity contribution in [3.63, 3.8) is 0 Å². The number of benzene rings is 2. The Kier molecular flexibility index (Phi) is 6.98. The Bertz CT molecular complexity index is 1160. The lowest BCUT2D eigenvalue weighted by atomic mass is 10.2. The van der Waals surface area contributed by atoms with Crippen molar-refractivity contribution in [2.24, 2.45) is 0 Å². The Morgan fingerprint density at radius 1 is 1.09 bits per heavy atom. The van der Waals surface area contributed by atoms with E-state index in [1.165, 1.54) is 7.11 Å². The zero-order valence-electron chi connectivity index (χ0n) is 17.8. The minimum Gasteiger partial charge on any atom is -0.495 e. The monoisotopic (exact) mass is 476 g/mol. The number of anilines is 1. The number of halogens is 1. The van der Waals surface area contributed by atoms with Crippen LogP contribution in [0.4, 0.5) is 5.69 Å². The van der Waals surface area contributed by atoms with Crippen LogP contribution in [-0.4, -0.2) is 43.1 Å². The summed E-state index contributed by atoms with van der Waals surface area (Å²) in [5, 5.41) is 7.78. The summed E-state index contributed by atoms with van der Waals surface area (Å²) >= 11 is 5.92. The predicted molar refractivity (Wildman–Crippen MR) is 122 cm³/mol. The highest BCUT2D eigenvalue weighted by atomic mass is 35.5. The van der Waals surface area contributed by atoms with Crippen molar-refractivity contribution in [1.29, 1.82) is 0 Å². The molecule has 0 unspecified atom stereocenters. The average molecular weight is 477 g/mol. The van der Waals surface area contributed by atoms with Crippen LogP contribution in [0.5, 0.6) is 5.75 Å². The third-order valence-corrected chi connectivity index (χ3v) is 7.52. The van der Waals surface area contributed by atoms with E-state index in [1.54, 1.807) is 34.6 Å². The van der Waals surface area contributed by atoms with Gasteiger partial charge < -0.3 is 14.6 Å². The maximum Gasteiger partial charge on any atom is 0.246 e. The van der Waals surface area contributed by atoms with Crippen LogP contribution in [0.2, 0.25) is 5.02 Å². The molecule has 2 heterocycles. The normalized spacial score (nSPS) is 15.3. The van der Waals surface area contributed by atoms with E-state index in [9.17, 15) is 8.42 Å². The Morgan fingerprint density at radius 2 is 1.81 bits per heavy atom. The van der Waals surface area contributed by atoms with Gasteiger partial charge in [0.25, 0.3) is 0 Å². The molecule has 1 N–H and O–H groups in total. The van der Waals surface area contributed by atoms with Crippen LogP contribution in [0.15, 0.2) is 51.9 Å². The summed E-state index contributed by atoms with van der Waals surface area (Å²) in [6, 6.07) is 12.0. The van der Waals surface area contributed by atoms with Gasteiger partial charge in [0.2, 0.25) is 21.7 Å². The highest BCUT2D eigenvalue weighted by molar-refractivity contribution is 7.89. The second-order valence-corrected chi connectivity index (χ2v) is 9.93. The summed E-state index contributed by atoms with van der Waals surface area (Å²) in [7, 11) is -2.04. The van der Waals surface area contributed by atoms with Crippen molar-refractivity contribution in [3.05, 3.63) is 53.4 Å². The standard InChI is InChI=1S/C22H25ClN4O4S/c1-30-20-11-10-18(32(28,29)27-12-4-2-3-5-13-27)14-19(20)24-15-21-25-22(26-31-21)16-6-8-17(23)9-7-16/h6-11,14,24H,2-5,12-13,15H2,1H3. The molecule has 1 aliphatic heterocycles. The molecule has 0 aliphatic carbocycles. The van der Waals surface area contributed by atoms with Gasteiger partial charge in [-0.05, 0) is 55.3 Å². The Balaban J connectivity index is 1.51. The molecule has 2 aromatic carbocycles. The summed E-state index contributed by atoms with van der Waals surface area (Å²) in [5.41, 5.74) is 1.32.